The van der Waals surface area contributed by atoms with Gasteiger partial charge < -0.3 is 9.47 Å². The van der Waals surface area contributed by atoms with Gasteiger partial charge in [-0.1, -0.05) is 19.3 Å². The van der Waals surface area contributed by atoms with Crippen molar-refractivity contribution in [2.24, 2.45) is 5.92 Å². The van der Waals surface area contributed by atoms with E-state index in [9.17, 15) is 4.79 Å². The lowest BCUT2D eigenvalue weighted by Crippen LogP contribution is -2.40. The summed E-state index contributed by atoms with van der Waals surface area (Å²) in [7, 11) is 0. The van der Waals surface area contributed by atoms with Gasteiger partial charge in [-0.25, -0.2) is 4.79 Å². The highest BCUT2D eigenvalue weighted by Crippen LogP contribution is 2.42. The zero-order chi connectivity index (χ0) is 16.4. The van der Waals surface area contributed by atoms with Crippen molar-refractivity contribution in [1.29, 1.82) is 0 Å². The Kier molecular flexibility index (Phi) is 5.16. The maximum Gasteiger partial charge on any atom is 0.410 e. The molecule has 0 aromatic rings. The van der Waals surface area contributed by atoms with Crippen molar-refractivity contribution < 1.29 is 14.3 Å². The molecule has 2 aliphatic heterocycles. The Hall–Kier alpha value is -0.810. The predicted molar refractivity (Wildman–Crippen MR) is 89.5 cm³/mol. The molecular formula is C18H32N2O3. The van der Waals surface area contributed by atoms with Crippen molar-refractivity contribution in [1.82, 2.24) is 9.80 Å². The molecule has 23 heavy (non-hydrogen) atoms. The maximum atomic E-state index is 12.6. The lowest BCUT2D eigenvalue weighted by atomic mass is 9.85. The van der Waals surface area contributed by atoms with Crippen LogP contribution in [0, 0.1) is 5.92 Å². The predicted octanol–water partition coefficient (Wildman–Crippen LogP) is 2.89. The van der Waals surface area contributed by atoms with E-state index in [1.165, 1.54) is 32.1 Å². The lowest BCUT2D eigenvalue weighted by Gasteiger charge is -2.26. The topological polar surface area (TPSA) is 41.8 Å². The molecule has 0 bridgehead atoms. The van der Waals surface area contributed by atoms with Crippen LogP contribution >= 0.6 is 0 Å². The molecule has 0 N–H and O–H groups in total. The third kappa shape index (κ3) is 4.38. The van der Waals surface area contributed by atoms with Gasteiger partial charge in [0, 0.05) is 19.6 Å². The molecule has 2 atom stereocenters. The fourth-order valence-corrected chi connectivity index (χ4v) is 4.13. The van der Waals surface area contributed by atoms with Crippen molar-refractivity contribution >= 4 is 6.09 Å². The summed E-state index contributed by atoms with van der Waals surface area (Å²) in [4.78, 5) is 17.0. The maximum absolute atomic E-state index is 12.6. The minimum atomic E-state index is -0.416. The number of ether oxygens (including phenoxy) is 2. The highest BCUT2D eigenvalue weighted by molar-refractivity contribution is 5.72. The van der Waals surface area contributed by atoms with E-state index in [-0.39, 0.29) is 6.09 Å². The molecule has 0 spiro atoms. The zero-order valence-corrected chi connectivity index (χ0v) is 14.9. The number of amides is 1. The van der Waals surface area contributed by atoms with Crippen LogP contribution < -0.4 is 0 Å². The van der Waals surface area contributed by atoms with E-state index in [0.717, 1.165) is 32.8 Å². The fraction of sp³-hybridized carbons (Fsp3) is 0.944. The molecule has 1 saturated carbocycles. The van der Waals surface area contributed by atoms with Crippen LogP contribution in [-0.4, -0.2) is 66.4 Å². The number of nitrogens with zero attached hydrogens (tertiary/aromatic N) is 2. The summed E-state index contributed by atoms with van der Waals surface area (Å²) >= 11 is 0. The average molecular weight is 324 g/mol. The van der Waals surface area contributed by atoms with Gasteiger partial charge >= 0.3 is 6.09 Å². The highest BCUT2D eigenvalue weighted by Gasteiger charge is 2.56. The molecule has 1 aliphatic carbocycles. The molecule has 2 saturated heterocycles. The van der Waals surface area contributed by atoms with Crippen LogP contribution in [0.2, 0.25) is 0 Å². The van der Waals surface area contributed by atoms with E-state index in [0.29, 0.717) is 18.0 Å². The van der Waals surface area contributed by atoms with Crippen molar-refractivity contribution in [3.8, 4) is 0 Å². The van der Waals surface area contributed by atoms with Gasteiger partial charge in [-0.3, -0.25) is 9.80 Å². The Balaban J connectivity index is 1.62. The van der Waals surface area contributed by atoms with E-state index < -0.39 is 5.60 Å². The second kappa shape index (κ2) is 6.98. The number of morpholine rings is 1. The Morgan fingerprint density at radius 1 is 1.13 bits per heavy atom. The summed E-state index contributed by atoms with van der Waals surface area (Å²) in [5.74, 6) is 0.669. The van der Waals surface area contributed by atoms with Gasteiger partial charge in [0.25, 0.3) is 0 Å². The third-order valence-corrected chi connectivity index (χ3v) is 5.27. The molecule has 0 unspecified atom stereocenters. The van der Waals surface area contributed by atoms with Gasteiger partial charge in [0.05, 0.1) is 25.3 Å². The monoisotopic (exact) mass is 324 g/mol. The first-order valence-electron chi connectivity index (χ1n) is 9.27. The van der Waals surface area contributed by atoms with Gasteiger partial charge in [0.2, 0.25) is 0 Å². The van der Waals surface area contributed by atoms with Crippen LogP contribution in [-0.2, 0) is 9.47 Å². The van der Waals surface area contributed by atoms with Crippen molar-refractivity contribution in [2.45, 2.75) is 70.6 Å². The van der Waals surface area contributed by atoms with Crippen LogP contribution in [0.1, 0.15) is 52.9 Å². The molecule has 2 heterocycles. The highest BCUT2D eigenvalue weighted by atomic mass is 16.6. The summed E-state index contributed by atoms with van der Waals surface area (Å²) in [6, 6.07) is 0.735. The molecule has 1 amide bonds. The summed E-state index contributed by atoms with van der Waals surface area (Å²) in [5, 5.41) is 0. The third-order valence-electron chi connectivity index (χ3n) is 5.27. The molecule has 3 rings (SSSR count). The normalized spacial score (nSPS) is 30.3. The van der Waals surface area contributed by atoms with E-state index in [1.807, 2.05) is 25.7 Å². The Labute approximate surface area is 140 Å². The first-order chi connectivity index (χ1) is 11.0. The summed E-state index contributed by atoms with van der Waals surface area (Å²) in [6.07, 6.45) is 6.39. The molecule has 3 aliphatic rings. The minimum absolute atomic E-state index is 0.119. The Morgan fingerprint density at radius 3 is 2.39 bits per heavy atom. The first kappa shape index (κ1) is 17.0. The molecule has 0 radical (unpaired) electrons. The summed E-state index contributed by atoms with van der Waals surface area (Å²) < 4.78 is 11.1. The first-order valence-corrected chi connectivity index (χ1v) is 9.27. The van der Waals surface area contributed by atoms with Crippen molar-refractivity contribution in [2.75, 3.05) is 32.8 Å². The lowest BCUT2D eigenvalue weighted by molar-refractivity contribution is 0.0299. The van der Waals surface area contributed by atoms with Crippen molar-refractivity contribution in [3.05, 3.63) is 0 Å². The molecule has 3 fully saturated rings. The number of carbonyl (C=O) groups excluding carboxylic acids is 1. The molecule has 132 valence electrons. The second-order valence-corrected chi connectivity index (χ2v) is 8.26. The molecular weight excluding hydrogens is 292 g/mol. The van der Waals surface area contributed by atoms with Crippen LogP contribution in [0.3, 0.4) is 0 Å². The number of rotatable bonds is 3. The smallest absolute Gasteiger partial charge is 0.410 e. The quantitative estimate of drug-likeness (QED) is 0.749. The van der Waals surface area contributed by atoms with E-state index in [4.69, 9.17) is 9.47 Å². The van der Waals surface area contributed by atoms with Crippen LogP contribution in [0.25, 0.3) is 0 Å². The van der Waals surface area contributed by atoms with Crippen LogP contribution in [0.5, 0.6) is 0 Å². The van der Waals surface area contributed by atoms with Crippen molar-refractivity contribution in [3.63, 3.8) is 0 Å². The SMILES string of the molecule is CC(C)(C)OC(=O)N1[C@H](CN2CCOCC2)[C@H]1C1CCCCC1. The van der Waals surface area contributed by atoms with Crippen LogP contribution in [0.15, 0.2) is 0 Å². The number of hydrogen-bond donors (Lipinski definition) is 0. The van der Waals surface area contributed by atoms with Gasteiger partial charge in [0.15, 0.2) is 0 Å². The molecule has 0 aromatic heterocycles. The van der Waals surface area contributed by atoms with Gasteiger partial charge in [-0.05, 0) is 39.5 Å². The van der Waals surface area contributed by atoms with E-state index in [1.54, 1.807) is 0 Å². The molecule has 0 aromatic carbocycles. The average Bonchev–Trinajstić information content (AvgIpc) is 3.21. The second-order valence-electron chi connectivity index (χ2n) is 8.26. The standard InChI is InChI=1S/C18H32N2O3/c1-18(2,3)23-17(21)20-15(13-19-9-11-22-12-10-19)16(20)14-7-5-4-6-8-14/h14-16H,4-13H2,1-3H3/t15-,16-,20?/m1/s1. The van der Waals surface area contributed by atoms with E-state index in [2.05, 4.69) is 4.90 Å². The van der Waals surface area contributed by atoms with E-state index >= 15 is 0 Å². The summed E-state index contributed by atoms with van der Waals surface area (Å²) in [5.41, 5.74) is -0.416. The Morgan fingerprint density at radius 2 is 1.78 bits per heavy atom. The van der Waals surface area contributed by atoms with Gasteiger partial charge in [-0.15, -0.1) is 0 Å². The fourth-order valence-electron chi connectivity index (χ4n) is 4.13. The zero-order valence-electron chi connectivity index (χ0n) is 14.9. The number of hydrogen-bond acceptors (Lipinski definition) is 4. The molecule has 5 heteroatoms. The Bertz CT molecular complexity index is 409. The van der Waals surface area contributed by atoms with Gasteiger partial charge in [-0.2, -0.15) is 0 Å². The van der Waals surface area contributed by atoms with Crippen LogP contribution in [0.4, 0.5) is 4.79 Å². The largest absolute Gasteiger partial charge is 0.444 e. The number of carbonyl (C=O) groups is 1. The minimum Gasteiger partial charge on any atom is -0.444 e. The summed E-state index contributed by atoms with van der Waals surface area (Å²) in [6.45, 7) is 10.4. The molecule has 5 nitrogen and oxygen atoms in total. The van der Waals surface area contributed by atoms with Gasteiger partial charge in [0.1, 0.15) is 5.60 Å².